The van der Waals surface area contributed by atoms with E-state index < -0.39 is 0 Å². The molecule has 0 saturated heterocycles. The van der Waals surface area contributed by atoms with Crippen molar-refractivity contribution in [2.24, 2.45) is 0 Å². The van der Waals surface area contributed by atoms with Gasteiger partial charge in [-0.15, -0.1) is 0 Å². The van der Waals surface area contributed by atoms with Gasteiger partial charge in [-0.25, -0.2) is 4.98 Å². The monoisotopic (exact) mass is 354 g/mol. The molecule has 2 aromatic carbocycles. The lowest BCUT2D eigenvalue weighted by Gasteiger charge is -2.16. The molecule has 1 N–H and O–H groups in total. The van der Waals surface area contributed by atoms with Gasteiger partial charge < -0.3 is 5.11 Å². The Balaban J connectivity index is 2.18. The van der Waals surface area contributed by atoms with E-state index in [1.54, 1.807) is 23.6 Å². The molecule has 1 heterocycles. The predicted molar refractivity (Wildman–Crippen MR) is 100 cm³/mol. The summed E-state index contributed by atoms with van der Waals surface area (Å²) in [6.45, 7) is 2.14. The summed E-state index contributed by atoms with van der Waals surface area (Å²) in [5.74, 6) is 0.602. The molecule has 3 aromatic rings. The number of hydrogen-bond acceptors (Lipinski definition) is 3. The molecule has 0 spiro atoms. The van der Waals surface area contributed by atoms with Gasteiger partial charge in [0.25, 0.3) is 5.56 Å². The summed E-state index contributed by atoms with van der Waals surface area (Å²) < 4.78 is 1.66. The van der Waals surface area contributed by atoms with Crippen LogP contribution < -0.4 is 5.56 Å². The first-order valence-corrected chi connectivity index (χ1v) is 8.49. The number of nitrogens with zero attached hydrogens (tertiary/aromatic N) is 2. The van der Waals surface area contributed by atoms with Crippen molar-refractivity contribution in [1.82, 2.24) is 9.55 Å². The molecule has 25 heavy (non-hydrogen) atoms. The topological polar surface area (TPSA) is 55.1 Å². The Labute approximate surface area is 151 Å². The molecule has 0 atom stereocenters. The Kier molecular flexibility index (Phi) is 5.31. The van der Waals surface area contributed by atoms with Crippen LogP contribution >= 0.6 is 11.6 Å². The fourth-order valence-electron chi connectivity index (χ4n) is 2.83. The molecule has 0 aliphatic carbocycles. The third-order valence-electron chi connectivity index (χ3n) is 4.12. The third kappa shape index (κ3) is 3.81. The number of aromatic nitrogens is 2. The molecular weight excluding hydrogens is 336 g/mol. The van der Waals surface area contributed by atoms with Crippen LogP contribution in [0.4, 0.5) is 0 Å². The van der Waals surface area contributed by atoms with Gasteiger partial charge in [0, 0.05) is 34.9 Å². The Hall–Kier alpha value is -2.43. The zero-order valence-electron chi connectivity index (χ0n) is 13.9. The largest absolute Gasteiger partial charge is 0.396 e. The van der Waals surface area contributed by atoms with Gasteiger partial charge in [-0.05, 0) is 36.8 Å². The molecule has 1 aromatic heterocycles. The quantitative estimate of drug-likeness (QED) is 0.763. The highest BCUT2D eigenvalue weighted by atomic mass is 35.5. The lowest BCUT2D eigenvalue weighted by Crippen LogP contribution is -2.29. The number of rotatable bonds is 5. The van der Waals surface area contributed by atoms with Crippen molar-refractivity contribution in [1.29, 1.82) is 0 Å². The Bertz CT molecular complexity index is 919. The van der Waals surface area contributed by atoms with E-state index in [0.717, 1.165) is 11.1 Å². The molecule has 128 valence electrons. The van der Waals surface area contributed by atoms with Gasteiger partial charge in [-0.2, -0.15) is 0 Å². The first-order chi connectivity index (χ1) is 12.1. The van der Waals surface area contributed by atoms with Crippen molar-refractivity contribution in [3.05, 3.63) is 86.8 Å². The van der Waals surface area contributed by atoms with Crippen LogP contribution in [0.1, 0.15) is 16.8 Å². The molecule has 0 saturated carbocycles. The van der Waals surface area contributed by atoms with Crippen molar-refractivity contribution in [3.8, 4) is 11.4 Å². The van der Waals surface area contributed by atoms with Gasteiger partial charge in [-0.1, -0.05) is 41.9 Å². The van der Waals surface area contributed by atoms with Gasteiger partial charge in [-0.3, -0.25) is 9.36 Å². The highest BCUT2D eigenvalue weighted by Crippen LogP contribution is 2.21. The summed E-state index contributed by atoms with van der Waals surface area (Å²) in [7, 11) is 0. The van der Waals surface area contributed by atoms with Crippen molar-refractivity contribution in [2.75, 3.05) is 6.61 Å². The van der Waals surface area contributed by atoms with Crippen LogP contribution in [-0.2, 0) is 13.0 Å². The van der Waals surface area contributed by atoms with Crippen LogP contribution in [-0.4, -0.2) is 21.3 Å². The van der Waals surface area contributed by atoms with E-state index >= 15 is 0 Å². The number of aliphatic hydroxyl groups excluding tert-OH is 1. The number of aliphatic hydroxyl groups is 1. The maximum Gasteiger partial charge on any atom is 0.257 e. The highest BCUT2D eigenvalue weighted by molar-refractivity contribution is 6.30. The fourth-order valence-corrected chi connectivity index (χ4v) is 2.96. The van der Waals surface area contributed by atoms with Crippen LogP contribution in [0.15, 0.2) is 59.4 Å². The lowest BCUT2D eigenvalue weighted by atomic mass is 10.1. The van der Waals surface area contributed by atoms with E-state index in [2.05, 4.69) is 4.98 Å². The first-order valence-electron chi connectivity index (χ1n) is 8.11. The smallest absolute Gasteiger partial charge is 0.257 e. The number of aryl methyl sites for hydroxylation is 1. The molecule has 0 unspecified atom stereocenters. The Morgan fingerprint density at radius 1 is 1.08 bits per heavy atom. The summed E-state index contributed by atoms with van der Waals surface area (Å²) in [4.78, 5) is 17.7. The second-order valence-electron chi connectivity index (χ2n) is 5.86. The molecule has 0 amide bonds. The zero-order valence-corrected chi connectivity index (χ0v) is 14.7. The summed E-state index contributed by atoms with van der Waals surface area (Å²) in [6, 6.07) is 17.1. The molecule has 0 aliphatic heterocycles. The molecule has 0 radical (unpaired) electrons. The molecule has 0 aliphatic rings. The van der Waals surface area contributed by atoms with Crippen molar-refractivity contribution >= 4 is 11.6 Å². The maximum atomic E-state index is 13.0. The van der Waals surface area contributed by atoms with Crippen molar-refractivity contribution in [2.45, 2.75) is 19.9 Å². The van der Waals surface area contributed by atoms with E-state index in [1.165, 1.54) is 0 Å². The Morgan fingerprint density at radius 2 is 1.76 bits per heavy atom. The number of benzene rings is 2. The van der Waals surface area contributed by atoms with Gasteiger partial charge in [0.2, 0.25) is 0 Å². The number of hydrogen-bond donors (Lipinski definition) is 1. The summed E-state index contributed by atoms with van der Waals surface area (Å²) in [5, 5.41) is 9.91. The second-order valence-corrected chi connectivity index (χ2v) is 6.29. The van der Waals surface area contributed by atoms with E-state index in [1.807, 2.05) is 42.5 Å². The number of halogens is 1. The average molecular weight is 355 g/mol. The second kappa shape index (κ2) is 7.64. The SMILES string of the molecule is Cc1nc(-c2ccc(Cl)cc2)n(Cc2ccccc2)c(=O)c1CCO. The minimum atomic E-state index is -0.115. The van der Waals surface area contributed by atoms with Crippen LogP contribution in [0.3, 0.4) is 0 Å². The normalized spacial score (nSPS) is 10.8. The predicted octanol–water partition coefficient (Wildman–Crippen LogP) is 3.46. The van der Waals surface area contributed by atoms with Crippen LogP contribution in [0.25, 0.3) is 11.4 Å². The third-order valence-corrected chi connectivity index (χ3v) is 4.37. The van der Waals surface area contributed by atoms with E-state index in [-0.39, 0.29) is 12.2 Å². The minimum Gasteiger partial charge on any atom is -0.396 e. The average Bonchev–Trinajstić information content (AvgIpc) is 2.62. The van der Waals surface area contributed by atoms with Gasteiger partial charge in [0.1, 0.15) is 5.82 Å². The van der Waals surface area contributed by atoms with E-state index in [4.69, 9.17) is 11.6 Å². The molecule has 0 bridgehead atoms. The molecular formula is C20H19ClN2O2. The van der Waals surface area contributed by atoms with E-state index in [0.29, 0.717) is 35.1 Å². The summed E-state index contributed by atoms with van der Waals surface area (Å²) in [5.41, 5.74) is 2.93. The molecule has 5 heteroatoms. The fraction of sp³-hybridized carbons (Fsp3) is 0.200. The molecule has 3 rings (SSSR count). The summed E-state index contributed by atoms with van der Waals surface area (Å²) >= 11 is 5.98. The standard InChI is InChI=1S/C20H19ClN2O2/c1-14-18(11-12-24)20(25)23(13-15-5-3-2-4-6-15)19(22-14)16-7-9-17(21)10-8-16/h2-10,24H,11-13H2,1H3. The summed E-state index contributed by atoms with van der Waals surface area (Å²) in [6.07, 6.45) is 0.299. The van der Waals surface area contributed by atoms with Gasteiger partial charge >= 0.3 is 0 Å². The van der Waals surface area contributed by atoms with Crippen molar-refractivity contribution < 1.29 is 5.11 Å². The van der Waals surface area contributed by atoms with Crippen LogP contribution in [0, 0.1) is 6.92 Å². The van der Waals surface area contributed by atoms with Crippen LogP contribution in [0.2, 0.25) is 5.02 Å². The van der Waals surface area contributed by atoms with Crippen molar-refractivity contribution in [3.63, 3.8) is 0 Å². The minimum absolute atomic E-state index is 0.0800. The molecule has 0 fully saturated rings. The maximum absolute atomic E-state index is 13.0. The van der Waals surface area contributed by atoms with Gasteiger partial charge in [0.05, 0.1) is 6.54 Å². The Morgan fingerprint density at radius 3 is 2.40 bits per heavy atom. The first kappa shape index (κ1) is 17.4. The van der Waals surface area contributed by atoms with Crippen LogP contribution in [0.5, 0.6) is 0 Å². The molecule has 4 nitrogen and oxygen atoms in total. The van der Waals surface area contributed by atoms with Gasteiger partial charge in [0.15, 0.2) is 0 Å². The highest BCUT2D eigenvalue weighted by Gasteiger charge is 2.15. The lowest BCUT2D eigenvalue weighted by molar-refractivity contribution is 0.298. The van der Waals surface area contributed by atoms with E-state index in [9.17, 15) is 9.90 Å². The zero-order chi connectivity index (χ0) is 17.8.